The molecule has 1 aliphatic rings. The van der Waals surface area contributed by atoms with Gasteiger partial charge in [0.15, 0.2) is 5.69 Å². The first kappa shape index (κ1) is 19.4. The molecule has 2 heterocycles. The van der Waals surface area contributed by atoms with E-state index < -0.39 is 11.9 Å². The highest BCUT2D eigenvalue weighted by Gasteiger charge is 2.35. The number of likely N-dealkylation sites (tertiary alicyclic amines) is 1. The van der Waals surface area contributed by atoms with E-state index in [4.69, 9.17) is 0 Å². The van der Waals surface area contributed by atoms with E-state index in [0.717, 1.165) is 23.7 Å². The Kier molecular flexibility index (Phi) is 5.55. The minimum atomic E-state index is -4.51. The topological polar surface area (TPSA) is 50.2 Å². The summed E-state index contributed by atoms with van der Waals surface area (Å²) < 4.78 is 39.3. The maximum absolute atomic E-state index is 12.7. The third-order valence-corrected chi connectivity index (χ3v) is 4.86. The Balaban J connectivity index is 1.55. The first-order chi connectivity index (χ1) is 12.7. The molecule has 1 fully saturated rings. The van der Waals surface area contributed by atoms with Gasteiger partial charge in [-0.1, -0.05) is 30.3 Å². The molecule has 0 radical (unpaired) electrons. The number of hydrogen-bond acceptors (Lipinski definition) is 3. The van der Waals surface area contributed by atoms with Crippen molar-refractivity contribution in [3.8, 4) is 0 Å². The quantitative estimate of drug-likeness (QED) is 0.868. The van der Waals surface area contributed by atoms with Crippen molar-refractivity contribution in [1.29, 1.82) is 0 Å². The zero-order chi connectivity index (χ0) is 19.6. The lowest BCUT2D eigenvalue weighted by molar-refractivity contribution is -0.141. The summed E-state index contributed by atoms with van der Waals surface area (Å²) in [4.78, 5) is 14.6. The zero-order valence-corrected chi connectivity index (χ0v) is 15.3. The summed E-state index contributed by atoms with van der Waals surface area (Å²) >= 11 is 0. The largest absolute Gasteiger partial charge is 0.435 e. The molecule has 2 atom stereocenters. The van der Waals surface area contributed by atoms with E-state index in [1.165, 1.54) is 12.5 Å². The highest BCUT2D eigenvalue weighted by Crippen LogP contribution is 2.28. The number of carbonyl (C=O) groups is 1. The first-order valence-electron chi connectivity index (χ1n) is 8.91. The second-order valence-electron chi connectivity index (χ2n) is 7.09. The normalized spacial score (nSPS) is 20.8. The Hall–Kier alpha value is -2.35. The summed E-state index contributed by atoms with van der Waals surface area (Å²) in [5.41, 5.74) is 0.544. The van der Waals surface area contributed by atoms with Gasteiger partial charge < -0.3 is 5.32 Å². The number of hydrogen-bond donors (Lipinski definition) is 1. The van der Waals surface area contributed by atoms with Crippen LogP contribution in [0.3, 0.4) is 0 Å². The highest BCUT2D eigenvalue weighted by atomic mass is 19.4. The Morgan fingerprint density at radius 3 is 2.63 bits per heavy atom. The number of benzene rings is 1. The fraction of sp³-hybridized carbons (Fsp3) is 0.474. The van der Waals surface area contributed by atoms with Gasteiger partial charge in [0.2, 0.25) is 5.91 Å². The van der Waals surface area contributed by atoms with Crippen LogP contribution in [0.1, 0.15) is 30.3 Å². The molecule has 1 aromatic heterocycles. The van der Waals surface area contributed by atoms with Crippen molar-refractivity contribution in [1.82, 2.24) is 20.0 Å². The van der Waals surface area contributed by atoms with Crippen molar-refractivity contribution in [2.24, 2.45) is 0 Å². The van der Waals surface area contributed by atoms with E-state index in [-0.39, 0.29) is 18.5 Å². The fourth-order valence-corrected chi connectivity index (χ4v) is 3.46. The number of carbonyl (C=O) groups excluding carboxylic acids is 1. The van der Waals surface area contributed by atoms with Crippen molar-refractivity contribution in [2.45, 2.75) is 51.6 Å². The molecule has 0 saturated carbocycles. The third kappa shape index (κ3) is 4.88. The predicted octanol–water partition coefficient (Wildman–Crippen LogP) is 2.99. The Labute approximate surface area is 156 Å². The second-order valence-corrected chi connectivity index (χ2v) is 7.09. The Bertz CT molecular complexity index is 788. The van der Waals surface area contributed by atoms with Gasteiger partial charge in [-0.05, 0) is 31.9 Å². The van der Waals surface area contributed by atoms with E-state index in [1.807, 2.05) is 18.2 Å². The highest BCUT2D eigenvalue weighted by molar-refractivity contribution is 5.76. The monoisotopic (exact) mass is 380 g/mol. The van der Waals surface area contributed by atoms with Crippen LogP contribution in [0.2, 0.25) is 0 Å². The van der Waals surface area contributed by atoms with Gasteiger partial charge in [-0.25, -0.2) is 0 Å². The molecular formula is C19H23F3N4O. The van der Waals surface area contributed by atoms with Crippen LogP contribution in [0.5, 0.6) is 0 Å². The molecular weight excluding hydrogens is 357 g/mol. The maximum Gasteiger partial charge on any atom is 0.435 e. The average Bonchev–Trinajstić information content (AvgIpc) is 3.11. The van der Waals surface area contributed by atoms with E-state index in [1.54, 1.807) is 0 Å². The molecule has 2 unspecified atom stereocenters. The van der Waals surface area contributed by atoms with Crippen molar-refractivity contribution in [2.75, 3.05) is 6.54 Å². The summed E-state index contributed by atoms with van der Waals surface area (Å²) in [6, 6.07) is 11.4. The van der Waals surface area contributed by atoms with Gasteiger partial charge >= 0.3 is 6.18 Å². The van der Waals surface area contributed by atoms with Crippen LogP contribution in [0.25, 0.3) is 0 Å². The van der Waals surface area contributed by atoms with Gasteiger partial charge in [0.25, 0.3) is 0 Å². The van der Waals surface area contributed by atoms with Gasteiger partial charge in [-0.2, -0.15) is 18.3 Å². The smallest absolute Gasteiger partial charge is 0.350 e. The Morgan fingerprint density at radius 1 is 1.30 bits per heavy atom. The van der Waals surface area contributed by atoms with Gasteiger partial charge in [-0.15, -0.1) is 0 Å². The predicted molar refractivity (Wildman–Crippen MR) is 94.8 cm³/mol. The maximum atomic E-state index is 12.7. The van der Waals surface area contributed by atoms with Crippen LogP contribution >= 0.6 is 0 Å². The molecule has 1 aliphatic heterocycles. The van der Waals surface area contributed by atoms with Crippen LogP contribution in [-0.2, 0) is 24.1 Å². The molecule has 1 amide bonds. The standard InChI is InChI=1S/C19H23F3N4O/c1-13-8-16(11-25(13)10-15-6-4-3-5-7-15)23-18(27)12-26-14(2)9-17(24-26)19(20,21)22/h3-7,9,13,16H,8,10-12H2,1-2H3,(H,23,27). The van der Waals surface area contributed by atoms with Gasteiger partial charge in [0.1, 0.15) is 6.54 Å². The Morgan fingerprint density at radius 2 is 2.00 bits per heavy atom. The van der Waals surface area contributed by atoms with Crippen LogP contribution in [-0.4, -0.2) is 39.2 Å². The molecule has 0 bridgehead atoms. The first-order valence-corrected chi connectivity index (χ1v) is 8.91. The molecule has 0 aliphatic carbocycles. The molecule has 8 heteroatoms. The minimum absolute atomic E-state index is 0.0193. The summed E-state index contributed by atoms with van der Waals surface area (Å²) in [7, 11) is 0. The summed E-state index contributed by atoms with van der Waals surface area (Å²) in [6.45, 7) is 4.93. The van der Waals surface area contributed by atoms with Crippen LogP contribution in [0, 0.1) is 6.92 Å². The lowest BCUT2D eigenvalue weighted by Gasteiger charge is -2.20. The lowest BCUT2D eigenvalue weighted by Crippen LogP contribution is -2.39. The van der Waals surface area contributed by atoms with Crippen LogP contribution in [0.15, 0.2) is 36.4 Å². The van der Waals surface area contributed by atoms with Crippen molar-refractivity contribution in [3.05, 3.63) is 53.3 Å². The molecule has 5 nitrogen and oxygen atoms in total. The molecule has 0 spiro atoms. The minimum Gasteiger partial charge on any atom is -0.350 e. The summed E-state index contributed by atoms with van der Waals surface area (Å²) in [6.07, 6.45) is -3.70. The number of rotatable bonds is 5. The molecule has 146 valence electrons. The molecule has 1 saturated heterocycles. The molecule has 27 heavy (non-hydrogen) atoms. The SMILES string of the molecule is Cc1cc(C(F)(F)F)nn1CC(=O)NC1CC(C)N(Cc2ccccc2)C1. The zero-order valence-electron chi connectivity index (χ0n) is 15.3. The van der Waals surface area contributed by atoms with Gasteiger partial charge in [-0.3, -0.25) is 14.4 Å². The number of aromatic nitrogens is 2. The number of alkyl halides is 3. The molecule has 1 N–H and O–H groups in total. The second kappa shape index (κ2) is 7.72. The summed E-state index contributed by atoms with van der Waals surface area (Å²) in [5.74, 6) is -0.325. The van der Waals surface area contributed by atoms with Gasteiger partial charge in [0, 0.05) is 30.9 Å². The number of aryl methyl sites for hydroxylation is 1. The third-order valence-electron chi connectivity index (χ3n) is 4.86. The number of nitrogens with zero attached hydrogens (tertiary/aromatic N) is 3. The van der Waals surface area contributed by atoms with E-state index >= 15 is 0 Å². The number of nitrogens with one attached hydrogen (secondary N) is 1. The van der Waals surface area contributed by atoms with E-state index in [9.17, 15) is 18.0 Å². The van der Waals surface area contributed by atoms with Crippen molar-refractivity contribution < 1.29 is 18.0 Å². The van der Waals surface area contributed by atoms with E-state index in [0.29, 0.717) is 18.3 Å². The van der Waals surface area contributed by atoms with Crippen LogP contribution in [0.4, 0.5) is 13.2 Å². The molecule has 3 rings (SSSR count). The number of halogens is 3. The number of amides is 1. The van der Waals surface area contributed by atoms with E-state index in [2.05, 4.69) is 34.4 Å². The average molecular weight is 380 g/mol. The lowest BCUT2D eigenvalue weighted by atomic mass is 10.2. The van der Waals surface area contributed by atoms with Gasteiger partial charge in [0.05, 0.1) is 0 Å². The molecule has 1 aromatic carbocycles. The molecule has 2 aromatic rings. The van der Waals surface area contributed by atoms with Crippen molar-refractivity contribution >= 4 is 5.91 Å². The van der Waals surface area contributed by atoms with Crippen LogP contribution < -0.4 is 5.32 Å². The fourth-order valence-electron chi connectivity index (χ4n) is 3.46. The summed E-state index contributed by atoms with van der Waals surface area (Å²) in [5, 5.41) is 6.43. The van der Waals surface area contributed by atoms with Crippen molar-refractivity contribution in [3.63, 3.8) is 0 Å².